The van der Waals surface area contributed by atoms with Gasteiger partial charge in [-0.25, -0.2) is 4.79 Å². The van der Waals surface area contributed by atoms with E-state index in [0.29, 0.717) is 12.0 Å². The van der Waals surface area contributed by atoms with E-state index in [4.69, 9.17) is 4.74 Å². The van der Waals surface area contributed by atoms with E-state index in [0.717, 1.165) is 11.1 Å². The average Bonchev–Trinajstić information content (AvgIpc) is 2.60. The first-order chi connectivity index (χ1) is 12.6. The Morgan fingerprint density at radius 3 is 2.26 bits per heavy atom. The van der Waals surface area contributed by atoms with Crippen LogP contribution in [0.5, 0.6) is 0 Å². The molecule has 0 aliphatic rings. The summed E-state index contributed by atoms with van der Waals surface area (Å²) in [6.45, 7) is 7.70. The first-order valence-electron chi connectivity index (χ1n) is 8.87. The molecule has 0 saturated heterocycles. The molecule has 2 N–H and O–H groups in total. The van der Waals surface area contributed by atoms with Crippen LogP contribution in [0.3, 0.4) is 0 Å². The van der Waals surface area contributed by atoms with Crippen molar-refractivity contribution in [2.45, 2.75) is 40.4 Å². The highest BCUT2D eigenvalue weighted by molar-refractivity contribution is 5.99. The first kappa shape index (κ1) is 20.8. The number of ether oxygens (including phenoxy) is 1. The van der Waals surface area contributed by atoms with Crippen LogP contribution in [-0.2, 0) is 11.2 Å². The van der Waals surface area contributed by atoms with Gasteiger partial charge in [0, 0.05) is 16.5 Å². The summed E-state index contributed by atoms with van der Waals surface area (Å²) in [5, 5.41) is 19.5. The van der Waals surface area contributed by atoms with Crippen LogP contribution in [-0.4, -0.2) is 28.6 Å². The highest BCUT2D eigenvalue weighted by atomic mass is 16.6. The summed E-state index contributed by atoms with van der Waals surface area (Å²) in [5.74, 6) is -1.02. The molecule has 0 aliphatic heterocycles. The summed E-state index contributed by atoms with van der Waals surface area (Å²) in [6, 6.07) is 12.1. The topological polar surface area (TPSA) is 83.8 Å². The SMILES string of the molecule is Cc1ccc(C(=O)O)c(C(O)OCCc2ccc(C(=O)C(C)(C)C)cc2)c1. The molecule has 2 rings (SSSR count). The largest absolute Gasteiger partial charge is 0.478 e. The third-order valence-electron chi connectivity index (χ3n) is 4.27. The van der Waals surface area contributed by atoms with Gasteiger partial charge in [0.15, 0.2) is 12.1 Å². The fraction of sp³-hybridized carbons (Fsp3) is 0.364. The lowest BCUT2D eigenvalue weighted by atomic mass is 9.86. The molecule has 5 heteroatoms. The van der Waals surface area contributed by atoms with E-state index in [1.165, 1.54) is 6.07 Å². The summed E-state index contributed by atoms with van der Waals surface area (Å²) < 4.78 is 5.44. The number of carboxylic acids is 1. The molecule has 0 spiro atoms. The van der Waals surface area contributed by atoms with Gasteiger partial charge in [0.2, 0.25) is 0 Å². The van der Waals surface area contributed by atoms with E-state index < -0.39 is 17.7 Å². The van der Waals surface area contributed by atoms with Crippen molar-refractivity contribution in [1.29, 1.82) is 0 Å². The standard InChI is InChI=1S/C22H26O5/c1-14-5-10-17(20(24)25)18(13-14)21(26)27-12-11-15-6-8-16(9-7-15)19(23)22(2,3)4/h5-10,13,21,26H,11-12H2,1-4H3,(H,24,25). The Morgan fingerprint density at radius 1 is 1.07 bits per heavy atom. The molecule has 27 heavy (non-hydrogen) atoms. The molecular weight excluding hydrogens is 344 g/mol. The van der Waals surface area contributed by atoms with Crippen molar-refractivity contribution in [2.24, 2.45) is 5.41 Å². The minimum absolute atomic E-state index is 0.0261. The van der Waals surface area contributed by atoms with Crippen LogP contribution in [0, 0.1) is 12.3 Å². The van der Waals surface area contributed by atoms with E-state index in [1.807, 2.05) is 39.8 Å². The number of carbonyl (C=O) groups excluding carboxylic acids is 1. The molecule has 0 saturated carbocycles. The number of carbonyl (C=O) groups is 2. The number of aliphatic hydroxyl groups is 1. The minimum Gasteiger partial charge on any atom is -0.478 e. The summed E-state index contributed by atoms with van der Waals surface area (Å²) >= 11 is 0. The molecule has 2 aromatic carbocycles. The summed E-state index contributed by atoms with van der Waals surface area (Å²) in [5.41, 5.74) is 2.32. The van der Waals surface area contributed by atoms with Crippen LogP contribution < -0.4 is 0 Å². The number of hydrogen-bond donors (Lipinski definition) is 2. The molecule has 0 aliphatic carbocycles. The molecule has 0 aromatic heterocycles. The second-order valence-electron chi connectivity index (χ2n) is 7.65. The summed E-state index contributed by atoms with van der Waals surface area (Å²) in [7, 11) is 0. The lowest BCUT2D eigenvalue weighted by molar-refractivity contribution is -0.102. The maximum atomic E-state index is 12.2. The lowest BCUT2D eigenvalue weighted by Crippen LogP contribution is -2.20. The Balaban J connectivity index is 1.98. The van der Waals surface area contributed by atoms with Gasteiger partial charge in [0.1, 0.15) is 0 Å². The van der Waals surface area contributed by atoms with Gasteiger partial charge in [0.25, 0.3) is 0 Å². The van der Waals surface area contributed by atoms with Crippen molar-refractivity contribution in [3.8, 4) is 0 Å². The average molecular weight is 370 g/mol. The molecule has 0 fully saturated rings. The molecule has 2 aromatic rings. The predicted molar refractivity (Wildman–Crippen MR) is 103 cm³/mol. The normalized spacial score (nSPS) is 12.6. The highest BCUT2D eigenvalue weighted by Gasteiger charge is 2.22. The van der Waals surface area contributed by atoms with E-state index in [-0.39, 0.29) is 23.5 Å². The van der Waals surface area contributed by atoms with Gasteiger partial charge >= 0.3 is 5.97 Å². The van der Waals surface area contributed by atoms with E-state index in [2.05, 4.69) is 0 Å². The quantitative estimate of drug-likeness (QED) is 0.564. The molecular formula is C22H26O5. The number of Topliss-reactive ketones (excluding diaryl/α,β-unsaturated/α-hetero) is 1. The zero-order valence-corrected chi connectivity index (χ0v) is 16.2. The number of rotatable bonds is 7. The third kappa shape index (κ3) is 5.49. The molecule has 0 heterocycles. The molecule has 0 radical (unpaired) electrons. The Bertz CT molecular complexity index is 816. The van der Waals surface area contributed by atoms with E-state index in [1.54, 1.807) is 24.3 Å². The number of hydrogen-bond acceptors (Lipinski definition) is 4. The third-order valence-corrected chi connectivity index (χ3v) is 4.27. The van der Waals surface area contributed by atoms with Crippen LogP contribution in [0.15, 0.2) is 42.5 Å². The number of ketones is 1. The van der Waals surface area contributed by atoms with Crippen molar-refractivity contribution in [3.05, 3.63) is 70.3 Å². The Morgan fingerprint density at radius 2 is 1.70 bits per heavy atom. The Labute approximate surface area is 159 Å². The van der Waals surface area contributed by atoms with Crippen LogP contribution in [0.2, 0.25) is 0 Å². The maximum absolute atomic E-state index is 12.2. The zero-order valence-electron chi connectivity index (χ0n) is 16.2. The lowest BCUT2D eigenvalue weighted by Gasteiger charge is -2.17. The number of benzene rings is 2. The second-order valence-corrected chi connectivity index (χ2v) is 7.65. The van der Waals surface area contributed by atoms with Gasteiger partial charge in [-0.15, -0.1) is 0 Å². The van der Waals surface area contributed by atoms with Crippen molar-refractivity contribution in [3.63, 3.8) is 0 Å². The smallest absolute Gasteiger partial charge is 0.336 e. The maximum Gasteiger partial charge on any atom is 0.336 e. The fourth-order valence-electron chi connectivity index (χ4n) is 2.72. The van der Waals surface area contributed by atoms with Crippen LogP contribution in [0.25, 0.3) is 0 Å². The van der Waals surface area contributed by atoms with Gasteiger partial charge in [-0.2, -0.15) is 0 Å². The number of carboxylic acid groups (broad SMARTS) is 1. The van der Waals surface area contributed by atoms with Gasteiger partial charge in [-0.1, -0.05) is 62.7 Å². The van der Waals surface area contributed by atoms with Gasteiger partial charge in [-0.05, 0) is 25.0 Å². The summed E-state index contributed by atoms with van der Waals surface area (Å²) in [6.07, 6.45) is -0.771. The number of aromatic carboxylic acids is 1. The van der Waals surface area contributed by atoms with Crippen molar-refractivity contribution in [1.82, 2.24) is 0 Å². The molecule has 0 amide bonds. The second kappa shape index (κ2) is 8.46. The van der Waals surface area contributed by atoms with Crippen LogP contribution in [0.4, 0.5) is 0 Å². The van der Waals surface area contributed by atoms with Gasteiger partial charge in [-0.3, -0.25) is 4.79 Å². The zero-order chi connectivity index (χ0) is 20.2. The molecule has 1 atom stereocenters. The number of aryl methyl sites for hydroxylation is 1. The molecule has 5 nitrogen and oxygen atoms in total. The Hall–Kier alpha value is -2.50. The summed E-state index contributed by atoms with van der Waals surface area (Å²) in [4.78, 5) is 23.5. The van der Waals surface area contributed by atoms with Gasteiger partial charge in [0.05, 0.1) is 12.2 Å². The van der Waals surface area contributed by atoms with Crippen molar-refractivity contribution < 1.29 is 24.5 Å². The monoisotopic (exact) mass is 370 g/mol. The van der Waals surface area contributed by atoms with E-state index in [9.17, 15) is 19.8 Å². The number of aliphatic hydroxyl groups excluding tert-OH is 1. The highest BCUT2D eigenvalue weighted by Crippen LogP contribution is 2.23. The Kier molecular flexibility index (Phi) is 6.52. The molecule has 1 unspecified atom stereocenters. The first-order valence-corrected chi connectivity index (χ1v) is 8.87. The van der Waals surface area contributed by atoms with Crippen molar-refractivity contribution >= 4 is 11.8 Å². The van der Waals surface area contributed by atoms with E-state index >= 15 is 0 Å². The molecule has 144 valence electrons. The van der Waals surface area contributed by atoms with Gasteiger partial charge < -0.3 is 14.9 Å². The van der Waals surface area contributed by atoms with Crippen LogP contribution >= 0.6 is 0 Å². The van der Waals surface area contributed by atoms with Crippen LogP contribution in [0.1, 0.15) is 64.5 Å². The van der Waals surface area contributed by atoms with Crippen molar-refractivity contribution in [2.75, 3.05) is 6.61 Å². The molecule has 0 bridgehead atoms. The fourth-order valence-corrected chi connectivity index (χ4v) is 2.72. The minimum atomic E-state index is -1.31. The predicted octanol–water partition coefficient (Wildman–Crippen LogP) is 4.17.